The number of aryl methyl sites for hydroxylation is 1. The molecule has 0 saturated carbocycles. The Balaban J connectivity index is 1.91. The fourth-order valence-electron chi connectivity index (χ4n) is 1.85. The Hall–Kier alpha value is -1.51. The van der Waals surface area contributed by atoms with E-state index >= 15 is 0 Å². The fraction of sp³-hybridized carbons (Fsp3) is 0.333. The summed E-state index contributed by atoms with van der Waals surface area (Å²) in [6, 6.07) is 6.93. The number of nitrogens with two attached hydrogens (primary N) is 1. The first-order valence-corrected chi connectivity index (χ1v) is 5.20. The number of hydrogen-bond donors (Lipinski definition) is 2. The van der Waals surface area contributed by atoms with Crippen molar-refractivity contribution in [1.82, 2.24) is 5.32 Å². The van der Waals surface area contributed by atoms with Gasteiger partial charge in [-0.05, 0) is 36.5 Å². The maximum Gasteiger partial charge on any atom is 0.126 e. The van der Waals surface area contributed by atoms with Crippen LogP contribution >= 0.6 is 0 Å². The van der Waals surface area contributed by atoms with Gasteiger partial charge < -0.3 is 11.1 Å². The third-order valence-corrected chi connectivity index (χ3v) is 2.73. The SMILES string of the molecule is NC1=C[C@H](CCc2ccccc2F)CN1. The highest BCUT2D eigenvalue weighted by Crippen LogP contribution is 2.16. The molecule has 1 aromatic carbocycles. The Morgan fingerprint density at radius 2 is 2.20 bits per heavy atom. The van der Waals surface area contributed by atoms with Crippen molar-refractivity contribution in [3.05, 3.63) is 47.5 Å². The van der Waals surface area contributed by atoms with Crippen LogP contribution in [-0.4, -0.2) is 6.54 Å². The Kier molecular flexibility index (Phi) is 2.90. The molecule has 1 atom stereocenters. The first-order valence-electron chi connectivity index (χ1n) is 5.20. The zero-order valence-electron chi connectivity index (χ0n) is 8.54. The molecule has 3 heteroatoms. The molecule has 1 aliphatic heterocycles. The van der Waals surface area contributed by atoms with Crippen LogP contribution in [0.1, 0.15) is 12.0 Å². The van der Waals surface area contributed by atoms with Gasteiger partial charge in [0, 0.05) is 6.54 Å². The van der Waals surface area contributed by atoms with Crippen LogP contribution in [0, 0.1) is 11.7 Å². The van der Waals surface area contributed by atoms with Gasteiger partial charge in [0.2, 0.25) is 0 Å². The topological polar surface area (TPSA) is 38.0 Å². The standard InChI is InChI=1S/C12H15FN2/c13-11-4-2-1-3-10(11)6-5-9-7-12(14)15-8-9/h1-4,7,9,15H,5-6,8,14H2/t9-/m0/s1. The molecule has 1 aliphatic rings. The quantitative estimate of drug-likeness (QED) is 0.791. The number of benzene rings is 1. The lowest BCUT2D eigenvalue weighted by atomic mass is 10.0. The van der Waals surface area contributed by atoms with Crippen molar-refractivity contribution in [2.75, 3.05) is 6.54 Å². The second-order valence-corrected chi connectivity index (χ2v) is 3.89. The molecule has 2 nitrogen and oxygen atoms in total. The smallest absolute Gasteiger partial charge is 0.126 e. The molecule has 0 spiro atoms. The van der Waals surface area contributed by atoms with E-state index in [-0.39, 0.29) is 5.82 Å². The van der Waals surface area contributed by atoms with E-state index < -0.39 is 0 Å². The fourth-order valence-corrected chi connectivity index (χ4v) is 1.85. The van der Waals surface area contributed by atoms with Crippen LogP contribution in [0.2, 0.25) is 0 Å². The summed E-state index contributed by atoms with van der Waals surface area (Å²) in [7, 11) is 0. The molecule has 80 valence electrons. The van der Waals surface area contributed by atoms with Crippen molar-refractivity contribution >= 4 is 0 Å². The maximum atomic E-state index is 13.3. The lowest BCUT2D eigenvalue weighted by molar-refractivity contribution is 0.566. The summed E-state index contributed by atoms with van der Waals surface area (Å²) in [5.74, 6) is 1.07. The van der Waals surface area contributed by atoms with Crippen molar-refractivity contribution in [1.29, 1.82) is 0 Å². The van der Waals surface area contributed by atoms with Gasteiger partial charge >= 0.3 is 0 Å². The summed E-state index contributed by atoms with van der Waals surface area (Å²) in [6.07, 6.45) is 3.72. The second-order valence-electron chi connectivity index (χ2n) is 3.89. The van der Waals surface area contributed by atoms with Gasteiger partial charge in [-0.15, -0.1) is 0 Å². The van der Waals surface area contributed by atoms with Gasteiger partial charge in [0.05, 0.1) is 5.82 Å². The minimum atomic E-state index is -0.111. The first-order chi connectivity index (χ1) is 7.25. The molecule has 15 heavy (non-hydrogen) atoms. The molecule has 0 aromatic heterocycles. The van der Waals surface area contributed by atoms with Gasteiger partial charge in [-0.3, -0.25) is 0 Å². The molecule has 0 unspecified atom stereocenters. The molecule has 1 aromatic rings. The molecular weight excluding hydrogens is 191 g/mol. The first kappa shape index (κ1) is 10.0. The molecular formula is C12H15FN2. The minimum Gasteiger partial charge on any atom is -0.386 e. The van der Waals surface area contributed by atoms with Gasteiger partial charge in [-0.25, -0.2) is 4.39 Å². The van der Waals surface area contributed by atoms with Crippen LogP contribution in [-0.2, 0) is 6.42 Å². The van der Waals surface area contributed by atoms with Gasteiger partial charge in [0.25, 0.3) is 0 Å². The Labute approximate surface area is 89.0 Å². The molecule has 0 radical (unpaired) electrons. The third-order valence-electron chi connectivity index (χ3n) is 2.73. The summed E-state index contributed by atoms with van der Waals surface area (Å²) < 4.78 is 13.3. The Morgan fingerprint density at radius 3 is 2.87 bits per heavy atom. The predicted molar refractivity (Wildman–Crippen MR) is 58.5 cm³/mol. The highest BCUT2D eigenvalue weighted by molar-refractivity contribution is 5.18. The van der Waals surface area contributed by atoms with E-state index in [4.69, 9.17) is 5.73 Å². The van der Waals surface area contributed by atoms with Gasteiger partial charge in [-0.1, -0.05) is 18.2 Å². The van der Waals surface area contributed by atoms with E-state index in [2.05, 4.69) is 5.32 Å². The molecule has 1 heterocycles. The summed E-state index contributed by atoms with van der Waals surface area (Å²) >= 11 is 0. The lowest BCUT2D eigenvalue weighted by Gasteiger charge is -2.07. The second kappa shape index (κ2) is 4.34. The van der Waals surface area contributed by atoms with E-state index in [9.17, 15) is 4.39 Å². The van der Waals surface area contributed by atoms with Gasteiger partial charge in [0.15, 0.2) is 0 Å². The predicted octanol–water partition coefficient (Wildman–Crippen LogP) is 1.78. The van der Waals surface area contributed by atoms with Crippen molar-refractivity contribution in [3.63, 3.8) is 0 Å². The van der Waals surface area contributed by atoms with Crippen molar-refractivity contribution in [3.8, 4) is 0 Å². The minimum absolute atomic E-state index is 0.111. The Bertz CT molecular complexity index is 374. The molecule has 3 N–H and O–H groups in total. The molecule has 2 rings (SSSR count). The summed E-state index contributed by atoms with van der Waals surface area (Å²) in [5, 5.41) is 3.07. The molecule has 0 saturated heterocycles. The molecule has 0 fully saturated rings. The van der Waals surface area contributed by atoms with Crippen molar-refractivity contribution in [2.24, 2.45) is 11.7 Å². The molecule has 0 aliphatic carbocycles. The maximum absolute atomic E-state index is 13.3. The van der Waals surface area contributed by atoms with Crippen LogP contribution < -0.4 is 11.1 Å². The molecule has 0 amide bonds. The highest BCUT2D eigenvalue weighted by Gasteiger charge is 2.13. The highest BCUT2D eigenvalue weighted by atomic mass is 19.1. The van der Waals surface area contributed by atoms with Crippen LogP contribution in [0.5, 0.6) is 0 Å². The largest absolute Gasteiger partial charge is 0.386 e. The van der Waals surface area contributed by atoms with Crippen LogP contribution in [0.25, 0.3) is 0 Å². The monoisotopic (exact) mass is 206 g/mol. The average molecular weight is 206 g/mol. The number of nitrogens with one attached hydrogen (secondary N) is 1. The van der Waals surface area contributed by atoms with Gasteiger partial charge in [0.1, 0.15) is 5.82 Å². The number of rotatable bonds is 3. The summed E-state index contributed by atoms with van der Waals surface area (Å²) in [4.78, 5) is 0. The third kappa shape index (κ3) is 2.49. The normalized spacial score (nSPS) is 19.8. The van der Waals surface area contributed by atoms with Crippen LogP contribution in [0.15, 0.2) is 36.2 Å². The summed E-state index contributed by atoms with van der Waals surface area (Å²) in [5.41, 5.74) is 6.39. The zero-order valence-corrected chi connectivity index (χ0v) is 8.54. The lowest BCUT2D eigenvalue weighted by Crippen LogP contribution is -2.16. The van der Waals surface area contributed by atoms with Crippen LogP contribution in [0.3, 0.4) is 0 Å². The van der Waals surface area contributed by atoms with Gasteiger partial charge in [-0.2, -0.15) is 0 Å². The van der Waals surface area contributed by atoms with E-state index in [1.54, 1.807) is 6.07 Å². The van der Waals surface area contributed by atoms with Crippen LogP contribution in [0.4, 0.5) is 4.39 Å². The van der Waals surface area contributed by atoms with E-state index in [1.807, 2.05) is 18.2 Å². The van der Waals surface area contributed by atoms with Crippen molar-refractivity contribution in [2.45, 2.75) is 12.8 Å². The average Bonchev–Trinajstić information content (AvgIpc) is 2.63. The van der Waals surface area contributed by atoms with E-state index in [1.165, 1.54) is 6.07 Å². The number of halogens is 1. The summed E-state index contributed by atoms with van der Waals surface area (Å²) in [6.45, 7) is 0.875. The number of hydrogen-bond acceptors (Lipinski definition) is 2. The van der Waals surface area contributed by atoms with Crippen molar-refractivity contribution < 1.29 is 4.39 Å². The van der Waals surface area contributed by atoms with E-state index in [0.717, 1.165) is 30.8 Å². The molecule has 0 bridgehead atoms. The van der Waals surface area contributed by atoms with E-state index in [0.29, 0.717) is 5.92 Å². The zero-order chi connectivity index (χ0) is 10.7. The Morgan fingerprint density at radius 1 is 1.40 bits per heavy atom.